The van der Waals surface area contributed by atoms with Gasteiger partial charge in [-0.3, -0.25) is 0 Å². The third-order valence-electron chi connectivity index (χ3n) is 2.85. The molecular formula is C11H17NO. The fraction of sp³-hybridized carbons (Fsp3) is 0.636. The van der Waals surface area contributed by atoms with E-state index in [1.54, 1.807) is 0 Å². The first-order chi connectivity index (χ1) is 6.35. The minimum atomic E-state index is 0.448. The van der Waals surface area contributed by atoms with Crippen molar-refractivity contribution in [2.75, 3.05) is 7.05 Å². The van der Waals surface area contributed by atoms with Gasteiger partial charge in [-0.15, -0.1) is 0 Å². The highest BCUT2D eigenvalue weighted by Gasteiger charge is 2.22. The van der Waals surface area contributed by atoms with Crippen molar-refractivity contribution in [1.82, 2.24) is 5.32 Å². The van der Waals surface area contributed by atoms with E-state index < -0.39 is 0 Å². The standard InChI is InChI=1S/C11H17NO/c1-3-9-7-8-5-4-6-10(12-2)11(8)13-9/h7,10,12H,3-6H2,1-2H3. The summed E-state index contributed by atoms with van der Waals surface area (Å²) >= 11 is 0. The second-order valence-corrected chi connectivity index (χ2v) is 3.69. The first-order valence-corrected chi connectivity index (χ1v) is 5.14. The summed E-state index contributed by atoms with van der Waals surface area (Å²) in [5, 5.41) is 3.30. The lowest BCUT2D eigenvalue weighted by Crippen LogP contribution is -2.20. The van der Waals surface area contributed by atoms with Crippen molar-refractivity contribution in [3.8, 4) is 0 Å². The first-order valence-electron chi connectivity index (χ1n) is 5.14. The first kappa shape index (κ1) is 8.82. The number of furan rings is 1. The summed E-state index contributed by atoms with van der Waals surface area (Å²) in [5.41, 5.74) is 1.42. The van der Waals surface area contributed by atoms with Crippen LogP contribution in [0.5, 0.6) is 0 Å². The zero-order valence-corrected chi connectivity index (χ0v) is 8.39. The van der Waals surface area contributed by atoms with E-state index in [9.17, 15) is 0 Å². The summed E-state index contributed by atoms with van der Waals surface area (Å²) in [7, 11) is 2.01. The van der Waals surface area contributed by atoms with E-state index in [1.165, 1.54) is 30.6 Å². The van der Waals surface area contributed by atoms with Crippen molar-refractivity contribution in [3.05, 3.63) is 23.2 Å². The van der Waals surface area contributed by atoms with Crippen LogP contribution in [-0.2, 0) is 12.8 Å². The Kier molecular flexibility index (Phi) is 2.40. The van der Waals surface area contributed by atoms with Crippen LogP contribution in [0, 0.1) is 0 Å². The van der Waals surface area contributed by atoms with E-state index in [2.05, 4.69) is 18.3 Å². The van der Waals surface area contributed by atoms with Gasteiger partial charge in [0.05, 0.1) is 6.04 Å². The smallest absolute Gasteiger partial charge is 0.124 e. The summed E-state index contributed by atoms with van der Waals surface area (Å²) in [6.07, 6.45) is 4.68. The molecule has 0 saturated carbocycles. The number of hydrogen-bond acceptors (Lipinski definition) is 2. The Morgan fingerprint density at radius 3 is 3.15 bits per heavy atom. The van der Waals surface area contributed by atoms with Gasteiger partial charge in [0.15, 0.2) is 0 Å². The second-order valence-electron chi connectivity index (χ2n) is 3.69. The zero-order valence-electron chi connectivity index (χ0n) is 8.39. The lowest BCUT2D eigenvalue weighted by atomic mass is 9.94. The Labute approximate surface area is 79.3 Å². The molecule has 2 rings (SSSR count). The molecule has 1 N–H and O–H groups in total. The van der Waals surface area contributed by atoms with Gasteiger partial charge in [0.1, 0.15) is 11.5 Å². The van der Waals surface area contributed by atoms with Gasteiger partial charge in [-0.25, -0.2) is 0 Å². The van der Waals surface area contributed by atoms with Gasteiger partial charge in [0.25, 0.3) is 0 Å². The van der Waals surface area contributed by atoms with Gasteiger partial charge in [-0.1, -0.05) is 6.92 Å². The quantitative estimate of drug-likeness (QED) is 0.754. The van der Waals surface area contributed by atoms with Crippen molar-refractivity contribution < 1.29 is 4.42 Å². The summed E-state index contributed by atoms with van der Waals surface area (Å²) in [6.45, 7) is 2.14. The molecule has 2 nitrogen and oxygen atoms in total. The Morgan fingerprint density at radius 1 is 1.62 bits per heavy atom. The topological polar surface area (TPSA) is 25.2 Å². The SMILES string of the molecule is CCc1cc2c(o1)C(NC)CCC2. The van der Waals surface area contributed by atoms with E-state index in [0.29, 0.717) is 6.04 Å². The van der Waals surface area contributed by atoms with Crippen LogP contribution in [0.25, 0.3) is 0 Å². The summed E-state index contributed by atoms with van der Waals surface area (Å²) in [5.74, 6) is 2.32. The fourth-order valence-electron chi connectivity index (χ4n) is 2.07. The second kappa shape index (κ2) is 3.54. The third-order valence-corrected chi connectivity index (χ3v) is 2.85. The third kappa shape index (κ3) is 1.51. The van der Waals surface area contributed by atoms with Crippen molar-refractivity contribution in [3.63, 3.8) is 0 Å². The van der Waals surface area contributed by atoms with Crippen LogP contribution >= 0.6 is 0 Å². The Balaban J connectivity index is 2.32. The van der Waals surface area contributed by atoms with Crippen molar-refractivity contribution >= 4 is 0 Å². The average molecular weight is 179 g/mol. The molecule has 0 spiro atoms. The Hall–Kier alpha value is -0.760. The van der Waals surface area contributed by atoms with E-state index >= 15 is 0 Å². The predicted molar refractivity (Wildman–Crippen MR) is 52.8 cm³/mol. The molecule has 0 aliphatic heterocycles. The molecule has 1 unspecified atom stereocenters. The molecule has 0 aromatic carbocycles. The minimum Gasteiger partial charge on any atom is -0.464 e. The molecule has 0 radical (unpaired) electrons. The molecule has 1 aliphatic rings. The average Bonchev–Trinajstić information content (AvgIpc) is 2.59. The van der Waals surface area contributed by atoms with Crippen LogP contribution in [-0.4, -0.2) is 7.05 Å². The Bertz CT molecular complexity index is 290. The number of aryl methyl sites for hydroxylation is 2. The van der Waals surface area contributed by atoms with Gasteiger partial charge >= 0.3 is 0 Å². The molecule has 0 bridgehead atoms. The van der Waals surface area contributed by atoms with E-state index in [0.717, 1.165) is 12.2 Å². The lowest BCUT2D eigenvalue weighted by molar-refractivity contribution is 0.371. The predicted octanol–water partition coefficient (Wildman–Crippen LogP) is 2.44. The summed E-state index contributed by atoms with van der Waals surface area (Å²) in [4.78, 5) is 0. The molecule has 0 amide bonds. The number of fused-ring (bicyclic) bond motifs is 1. The largest absolute Gasteiger partial charge is 0.464 e. The molecule has 13 heavy (non-hydrogen) atoms. The normalized spacial score (nSPS) is 21.5. The van der Waals surface area contributed by atoms with Crippen LogP contribution in [0.1, 0.15) is 42.9 Å². The minimum absolute atomic E-state index is 0.448. The molecule has 1 aliphatic carbocycles. The highest BCUT2D eigenvalue weighted by molar-refractivity contribution is 5.26. The molecule has 0 saturated heterocycles. The molecule has 1 heterocycles. The molecule has 2 heteroatoms. The molecular weight excluding hydrogens is 162 g/mol. The summed E-state index contributed by atoms with van der Waals surface area (Å²) in [6, 6.07) is 2.67. The molecule has 1 atom stereocenters. The van der Waals surface area contributed by atoms with Crippen molar-refractivity contribution in [2.24, 2.45) is 0 Å². The maximum Gasteiger partial charge on any atom is 0.124 e. The van der Waals surface area contributed by atoms with E-state index in [-0.39, 0.29) is 0 Å². The number of rotatable bonds is 2. The van der Waals surface area contributed by atoms with Gasteiger partial charge in [-0.05, 0) is 37.9 Å². The molecule has 1 aromatic rings. The monoisotopic (exact) mass is 179 g/mol. The van der Waals surface area contributed by atoms with Gasteiger partial charge < -0.3 is 9.73 Å². The molecule has 1 aromatic heterocycles. The number of nitrogens with one attached hydrogen (secondary N) is 1. The maximum atomic E-state index is 5.80. The van der Waals surface area contributed by atoms with Crippen LogP contribution in [0.3, 0.4) is 0 Å². The zero-order chi connectivity index (χ0) is 9.26. The molecule has 72 valence electrons. The van der Waals surface area contributed by atoms with Gasteiger partial charge in [0, 0.05) is 6.42 Å². The molecule has 0 fully saturated rings. The van der Waals surface area contributed by atoms with Crippen LogP contribution in [0.2, 0.25) is 0 Å². The lowest BCUT2D eigenvalue weighted by Gasteiger charge is -2.19. The maximum absolute atomic E-state index is 5.80. The summed E-state index contributed by atoms with van der Waals surface area (Å²) < 4.78 is 5.80. The highest BCUT2D eigenvalue weighted by atomic mass is 16.3. The van der Waals surface area contributed by atoms with E-state index in [4.69, 9.17) is 4.42 Å². The van der Waals surface area contributed by atoms with Crippen LogP contribution < -0.4 is 5.32 Å². The van der Waals surface area contributed by atoms with Crippen molar-refractivity contribution in [2.45, 2.75) is 38.6 Å². The van der Waals surface area contributed by atoms with Crippen LogP contribution in [0.15, 0.2) is 10.5 Å². The van der Waals surface area contributed by atoms with Gasteiger partial charge in [-0.2, -0.15) is 0 Å². The van der Waals surface area contributed by atoms with Crippen molar-refractivity contribution in [1.29, 1.82) is 0 Å². The van der Waals surface area contributed by atoms with Gasteiger partial charge in [0.2, 0.25) is 0 Å². The highest BCUT2D eigenvalue weighted by Crippen LogP contribution is 2.31. The Morgan fingerprint density at radius 2 is 2.46 bits per heavy atom. The van der Waals surface area contributed by atoms with Crippen LogP contribution in [0.4, 0.5) is 0 Å². The van der Waals surface area contributed by atoms with E-state index in [1.807, 2.05) is 7.05 Å². The fourth-order valence-corrected chi connectivity index (χ4v) is 2.07. The number of hydrogen-bond donors (Lipinski definition) is 1.